The predicted octanol–water partition coefficient (Wildman–Crippen LogP) is 2.75. The maximum atomic E-state index is 12.7. The van der Waals surface area contributed by atoms with Crippen LogP contribution in [0.15, 0.2) is 23.2 Å². The largest absolute Gasteiger partial charge is 0.354 e. The van der Waals surface area contributed by atoms with Crippen LogP contribution in [0.2, 0.25) is 0 Å². The van der Waals surface area contributed by atoms with E-state index in [-0.39, 0.29) is 4.90 Å². The lowest BCUT2D eigenvalue weighted by atomic mass is 9.89. The summed E-state index contributed by atoms with van der Waals surface area (Å²) in [6, 6.07) is 3.30. The van der Waals surface area contributed by atoms with Crippen LogP contribution >= 0.6 is 0 Å². The third-order valence-electron chi connectivity index (χ3n) is 4.99. The Kier molecular flexibility index (Phi) is 5.58. The van der Waals surface area contributed by atoms with Crippen molar-refractivity contribution in [2.75, 3.05) is 25.0 Å². The third-order valence-corrected chi connectivity index (χ3v) is 7.03. The SMILES string of the molecule is CCN(CC)S(=O)(=O)c1ccc2nnc(NCC3CCCCC3)n2c1. The van der Waals surface area contributed by atoms with Crippen molar-refractivity contribution in [2.24, 2.45) is 5.92 Å². The molecular formula is C17H27N5O2S. The molecule has 0 radical (unpaired) electrons. The van der Waals surface area contributed by atoms with Gasteiger partial charge in [-0.25, -0.2) is 8.42 Å². The average molecular weight is 366 g/mol. The summed E-state index contributed by atoms with van der Waals surface area (Å²) in [4.78, 5) is 0.268. The molecule has 7 nitrogen and oxygen atoms in total. The van der Waals surface area contributed by atoms with Gasteiger partial charge in [-0.2, -0.15) is 4.31 Å². The van der Waals surface area contributed by atoms with Crippen LogP contribution in [0.5, 0.6) is 0 Å². The van der Waals surface area contributed by atoms with E-state index < -0.39 is 10.0 Å². The van der Waals surface area contributed by atoms with E-state index in [1.165, 1.54) is 36.4 Å². The zero-order valence-electron chi connectivity index (χ0n) is 15.0. The number of sulfonamides is 1. The fourth-order valence-corrected chi connectivity index (χ4v) is 4.94. The Balaban J connectivity index is 1.84. The number of aromatic nitrogens is 3. The number of fused-ring (bicyclic) bond motifs is 1. The molecule has 0 aliphatic heterocycles. The summed E-state index contributed by atoms with van der Waals surface area (Å²) in [7, 11) is -3.49. The molecule has 0 saturated heterocycles. The van der Waals surface area contributed by atoms with Crippen LogP contribution < -0.4 is 5.32 Å². The normalized spacial score (nSPS) is 16.6. The van der Waals surface area contributed by atoms with Crippen molar-refractivity contribution in [3.8, 4) is 0 Å². The number of rotatable bonds is 7. The molecule has 2 heterocycles. The second-order valence-electron chi connectivity index (χ2n) is 6.59. The molecule has 138 valence electrons. The van der Waals surface area contributed by atoms with Crippen molar-refractivity contribution in [1.82, 2.24) is 18.9 Å². The van der Waals surface area contributed by atoms with Gasteiger partial charge in [-0.1, -0.05) is 33.1 Å². The molecule has 1 aliphatic carbocycles. The Bertz CT molecular complexity index is 808. The van der Waals surface area contributed by atoms with Crippen molar-refractivity contribution >= 4 is 21.6 Å². The zero-order valence-corrected chi connectivity index (χ0v) is 15.8. The first-order valence-corrected chi connectivity index (χ1v) is 10.6. The first kappa shape index (κ1) is 18.1. The van der Waals surface area contributed by atoms with Crippen molar-refractivity contribution < 1.29 is 8.42 Å². The van der Waals surface area contributed by atoms with Gasteiger partial charge in [0.25, 0.3) is 0 Å². The highest BCUT2D eigenvalue weighted by molar-refractivity contribution is 7.89. The van der Waals surface area contributed by atoms with Gasteiger partial charge in [-0.05, 0) is 30.9 Å². The van der Waals surface area contributed by atoms with Gasteiger partial charge in [0.05, 0.1) is 4.90 Å². The minimum atomic E-state index is -3.49. The second-order valence-corrected chi connectivity index (χ2v) is 8.53. The van der Waals surface area contributed by atoms with E-state index >= 15 is 0 Å². The summed E-state index contributed by atoms with van der Waals surface area (Å²) in [5.41, 5.74) is 0.643. The zero-order chi connectivity index (χ0) is 17.9. The Hall–Kier alpha value is -1.67. The lowest BCUT2D eigenvalue weighted by molar-refractivity contribution is 0.373. The van der Waals surface area contributed by atoms with E-state index in [9.17, 15) is 8.42 Å². The minimum Gasteiger partial charge on any atom is -0.354 e. The van der Waals surface area contributed by atoms with Crippen LogP contribution in [-0.4, -0.2) is 47.0 Å². The van der Waals surface area contributed by atoms with Crippen LogP contribution in [-0.2, 0) is 10.0 Å². The molecule has 2 aromatic heterocycles. The van der Waals surface area contributed by atoms with Gasteiger partial charge in [0.15, 0.2) is 5.65 Å². The summed E-state index contributed by atoms with van der Waals surface area (Å²) in [5.74, 6) is 1.26. The van der Waals surface area contributed by atoms with Gasteiger partial charge in [0.1, 0.15) is 0 Å². The highest BCUT2D eigenvalue weighted by Gasteiger charge is 2.23. The lowest BCUT2D eigenvalue weighted by Crippen LogP contribution is -2.30. The molecule has 0 atom stereocenters. The smallest absolute Gasteiger partial charge is 0.244 e. The van der Waals surface area contributed by atoms with Crippen LogP contribution in [0, 0.1) is 5.92 Å². The number of hydrogen-bond acceptors (Lipinski definition) is 5. The highest BCUT2D eigenvalue weighted by Crippen LogP contribution is 2.24. The Morgan fingerprint density at radius 1 is 1.16 bits per heavy atom. The summed E-state index contributed by atoms with van der Waals surface area (Å²) >= 11 is 0. The number of anilines is 1. The lowest BCUT2D eigenvalue weighted by Gasteiger charge is -2.21. The number of nitrogens with zero attached hydrogens (tertiary/aromatic N) is 4. The van der Waals surface area contributed by atoms with Gasteiger partial charge in [-0.3, -0.25) is 4.40 Å². The minimum absolute atomic E-state index is 0.268. The molecule has 0 bridgehead atoms. The molecule has 25 heavy (non-hydrogen) atoms. The fraction of sp³-hybridized carbons (Fsp3) is 0.647. The van der Waals surface area contributed by atoms with Gasteiger partial charge in [0, 0.05) is 25.8 Å². The Labute approximate surface area is 149 Å². The van der Waals surface area contributed by atoms with Crippen LogP contribution in [0.1, 0.15) is 46.0 Å². The fourth-order valence-electron chi connectivity index (χ4n) is 3.48. The van der Waals surface area contributed by atoms with Crippen molar-refractivity contribution in [1.29, 1.82) is 0 Å². The van der Waals surface area contributed by atoms with Crippen LogP contribution in [0.25, 0.3) is 5.65 Å². The molecule has 1 N–H and O–H groups in total. The molecule has 2 aromatic rings. The standard InChI is InChI=1S/C17H27N5O2S/c1-3-21(4-2)25(23,24)15-10-11-16-19-20-17(22(16)13-15)18-12-14-8-6-5-7-9-14/h10-11,13-14H,3-9,12H2,1-2H3,(H,18,20). The van der Waals surface area contributed by atoms with Crippen LogP contribution in [0.4, 0.5) is 5.95 Å². The molecule has 0 amide bonds. The summed E-state index contributed by atoms with van der Waals surface area (Å²) in [6.07, 6.45) is 8.01. The molecule has 0 spiro atoms. The first-order chi connectivity index (χ1) is 12.1. The summed E-state index contributed by atoms with van der Waals surface area (Å²) < 4.78 is 28.6. The third kappa shape index (κ3) is 3.79. The Morgan fingerprint density at radius 3 is 2.56 bits per heavy atom. The molecule has 3 rings (SSSR count). The molecule has 0 unspecified atom stereocenters. The van der Waals surface area contributed by atoms with E-state index in [4.69, 9.17) is 0 Å². The molecule has 1 aliphatic rings. The van der Waals surface area contributed by atoms with Crippen LogP contribution in [0.3, 0.4) is 0 Å². The number of nitrogens with one attached hydrogen (secondary N) is 1. The van der Waals surface area contributed by atoms with E-state index in [2.05, 4.69) is 15.5 Å². The van der Waals surface area contributed by atoms with E-state index in [1.54, 1.807) is 22.7 Å². The van der Waals surface area contributed by atoms with Crippen molar-refractivity contribution in [3.63, 3.8) is 0 Å². The van der Waals surface area contributed by atoms with Gasteiger partial charge < -0.3 is 5.32 Å². The van der Waals surface area contributed by atoms with Gasteiger partial charge in [0.2, 0.25) is 16.0 Å². The maximum Gasteiger partial charge on any atom is 0.244 e. The van der Waals surface area contributed by atoms with E-state index in [0.29, 0.717) is 30.6 Å². The molecular weight excluding hydrogens is 338 g/mol. The second kappa shape index (κ2) is 7.70. The van der Waals surface area contributed by atoms with Crippen molar-refractivity contribution in [3.05, 3.63) is 18.3 Å². The predicted molar refractivity (Wildman–Crippen MR) is 98.2 cm³/mol. The van der Waals surface area contributed by atoms with E-state index in [1.807, 2.05) is 13.8 Å². The molecule has 0 aromatic carbocycles. The van der Waals surface area contributed by atoms with Gasteiger partial charge >= 0.3 is 0 Å². The number of pyridine rings is 1. The molecule has 8 heteroatoms. The quantitative estimate of drug-likeness (QED) is 0.816. The molecule has 1 saturated carbocycles. The average Bonchev–Trinajstić information content (AvgIpc) is 3.04. The van der Waals surface area contributed by atoms with Crippen molar-refractivity contribution in [2.45, 2.75) is 50.8 Å². The highest BCUT2D eigenvalue weighted by atomic mass is 32.2. The number of hydrogen-bond donors (Lipinski definition) is 1. The maximum absolute atomic E-state index is 12.7. The Morgan fingerprint density at radius 2 is 1.88 bits per heavy atom. The van der Waals surface area contributed by atoms with Gasteiger partial charge in [-0.15, -0.1) is 10.2 Å². The topological polar surface area (TPSA) is 79.6 Å². The van der Waals surface area contributed by atoms with E-state index in [0.717, 1.165) is 6.54 Å². The molecule has 1 fully saturated rings. The monoisotopic (exact) mass is 365 g/mol. The summed E-state index contributed by atoms with van der Waals surface area (Å²) in [5, 5.41) is 11.7. The first-order valence-electron chi connectivity index (χ1n) is 9.15. The summed E-state index contributed by atoms with van der Waals surface area (Å²) in [6.45, 7) is 5.44.